The van der Waals surface area contributed by atoms with Crippen LogP contribution in [0.25, 0.3) is 0 Å². The molecule has 0 saturated carbocycles. The van der Waals surface area contributed by atoms with E-state index >= 15 is 0 Å². The third-order valence-corrected chi connectivity index (χ3v) is 1.60. The van der Waals surface area contributed by atoms with Crippen molar-refractivity contribution in [2.75, 3.05) is 0 Å². The zero-order chi connectivity index (χ0) is 9.19. The second kappa shape index (κ2) is 3.13. The van der Waals surface area contributed by atoms with Gasteiger partial charge in [-0.05, 0) is 11.8 Å². The minimum Gasteiger partial charge on any atom is -0.296 e. The highest BCUT2D eigenvalue weighted by molar-refractivity contribution is 4.80. The van der Waals surface area contributed by atoms with Crippen molar-refractivity contribution in [3.05, 3.63) is 16.4 Å². The second-order valence-corrected chi connectivity index (χ2v) is 4.10. The van der Waals surface area contributed by atoms with Gasteiger partial charge >= 0.3 is 5.76 Å². The summed E-state index contributed by atoms with van der Waals surface area (Å²) in [6.45, 7) is 6.43. The van der Waals surface area contributed by atoms with Crippen LogP contribution in [0.2, 0.25) is 0 Å². The first-order chi connectivity index (χ1) is 5.47. The van der Waals surface area contributed by atoms with Crippen LogP contribution in [0.5, 0.6) is 0 Å². The molecule has 0 aliphatic heterocycles. The molecule has 1 N–H and O–H groups in total. The predicted octanol–water partition coefficient (Wildman–Crippen LogP) is 1.34. The van der Waals surface area contributed by atoms with Crippen LogP contribution in [0.15, 0.2) is 9.32 Å². The normalized spacial score (nSPS) is 11.9. The van der Waals surface area contributed by atoms with Gasteiger partial charge in [0.2, 0.25) is 0 Å². The smallest absolute Gasteiger partial charge is 0.296 e. The fourth-order valence-electron chi connectivity index (χ4n) is 0.862. The van der Waals surface area contributed by atoms with Gasteiger partial charge in [0.1, 0.15) is 0 Å². The first-order valence-corrected chi connectivity index (χ1v) is 4.02. The van der Waals surface area contributed by atoms with E-state index in [1.807, 2.05) is 0 Å². The average Bonchev–Trinajstić information content (AvgIpc) is 2.30. The quantitative estimate of drug-likeness (QED) is 0.728. The van der Waals surface area contributed by atoms with E-state index in [9.17, 15) is 4.79 Å². The molecule has 0 atom stereocenters. The number of nitrogens with zero attached hydrogens (tertiary/aromatic N) is 1. The molecule has 0 bridgehead atoms. The van der Waals surface area contributed by atoms with Crippen LogP contribution < -0.4 is 5.76 Å². The van der Waals surface area contributed by atoms with Gasteiger partial charge in [0, 0.05) is 6.42 Å². The molecule has 12 heavy (non-hydrogen) atoms. The molecule has 0 fully saturated rings. The van der Waals surface area contributed by atoms with Gasteiger partial charge in [0.05, 0.1) is 0 Å². The molecule has 1 aromatic heterocycles. The third-order valence-electron chi connectivity index (χ3n) is 1.60. The Morgan fingerprint density at radius 1 is 1.50 bits per heavy atom. The number of rotatable bonds is 2. The molecular weight excluding hydrogens is 156 g/mol. The standard InChI is InChI=1S/C8H14N2O2/c1-8(2,3)5-4-6-9-7(11)12-10-6/h4-5H2,1-3H3,(H,9,10,11). The van der Waals surface area contributed by atoms with Gasteiger partial charge in [-0.25, -0.2) is 4.79 Å². The molecule has 0 spiro atoms. The van der Waals surface area contributed by atoms with E-state index in [0.29, 0.717) is 5.82 Å². The van der Waals surface area contributed by atoms with Crippen molar-refractivity contribution >= 4 is 0 Å². The van der Waals surface area contributed by atoms with Crippen molar-refractivity contribution in [2.45, 2.75) is 33.6 Å². The topological polar surface area (TPSA) is 58.9 Å². The van der Waals surface area contributed by atoms with Gasteiger partial charge in [-0.15, -0.1) is 0 Å². The summed E-state index contributed by atoms with van der Waals surface area (Å²) in [5.41, 5.74) is 0.260. The molecule has 1 aromatic rings. The summed E-state index contributed by atoms with van der Waals surface area (Å²) >= 11 is 0. The zero-order valence-electron chi connectivity index (χ0n) is 7.68. The molecule has 0 aromatic carbocycles. The lowest BCUT2D eigenvalue weighted by molar-refractivity contribution is 0.358. The molecule has 0 radical (unpaired) electrons. The highest BCUT2D eigenvalue weighted by Gasteiger charge is 2.11. The zero-order valence-corrected chi connectivity index (χ0v) is 7.68. The van der Waals surface area contributed by atoms with Crippen LogP contribution in [0.4, 0.5) is 0 Å². The van der Waals surface area contributed by atoms with Crippen molar-refractivity contribution in [3.8, 4) is 0 Å². The monoisotopic (exact) mass is 170 g/mol. The molecule has 1 heterocycles. The molecule has 4 heteroatoms. The fourth-order valence-corrected chi connectivity index (χ4v) is 0.862. The van der Waals surface area contributed by atoms with Crippen LogP contribution in [0.1, 0.15) is 33.0 Å². The van der Waals surface area contributed by atoms with Gasteiger partial charge in [-0.3, -0.25) is 9.51 Å². The number of H-pyrrole nitrogens is 1. The van der Waals surface area contributed by atoms with Crippen LogP contribution in [0.3, 0.4) is 0 Å². The van der Waals surface area contributed by atoms with E-state index in [2.05, 4.69) is 35.4 Å². The van der Waals surface area contributed by atoms with Gasteiger partial charge in [-0.2, -0.15) is 0 Å². The summed E-state index contributed by atoms with van der Waals surface area (Å²) in [5, 5.41) is 3.58. The highest BCUT2D eigenvalue weighted by atomic mass is 16.5. The summed E-state index contributed by atoms with van der Waals surface area (Å²) in [7, 11) is 0. The lowest BCUT2D eigenvalue weighted by atomic mass is 9.90. The maximum atomic E-state index is 10.5. The molecular formula is C8H14N2O2. The maximum Gasteiger partial charge on any atom is 0.438 e. The minimum atomic E-state index is -0.473. The van der Waals surface area contributed by atoms with Gasteiger partial charge < -0.3 is 0 Å². The third kappa shape index (κ3) is 2.90. The van der Waals surface area contributed by atoms with Crippen LogP contribution in [-0.2, 0) is 6.42 Å². The van der Waals surface area contributed by atoms with E-state index in [4.69, 9.17) is 0 Å². The lowest BCUT2D eigenvalue weighted by Gasteiger charge is -2.15. The maximum absolute atomic E-state index is 10.5. The molecule has 0 unspecified atom stereocenters. The molecule has 0 saturated heterocycles. The van der Waals surface area contributed by atoms with E-state index in [1.165, 1.54) is 0 Å². The van der Waals surface area contributed by atoms with E-state index < -0.39 is 5.76 Å². The number of aryl methyl sites for hydroxylation is 1. The Balaban J connectivity index is 2.49. The first-order valence-electron chi connectivity index (χ1n) is 4.02. The molecule has 0 aliphatic carbocycles. The Bertz CT molecular complexity index is 292. The Morgan fingerprint density at radius 3 is 2.58 bits per heavy atom. The minimum absolute atomic E-state index is 0.260. The van der Waals surface area contributed by atoms with Crippen LogP contribution >= 0.6 is 0 Å². The highest BCUT2D eigenvalue weighted by Crippen LogP contribution is 2.19. The summed E-state index contributed by atoms with van der Waals surface area (Å²) in [6, 6.07) is 0. The van der Waals surface area contributed by atoms with Gasteiger partial charge in [-0.1, -0.05) is 25.9 Å². The number of aromatic amines is 1. The largest absolute Gasteiger partial charge is 0.438 e. The van der Waals surface area contributed by atoms with Crippen molar-refractivity contribution in [3.63, 3.8) is 0 Å². The molecule has 0 amide bonds. The summed E-state index contributed by atoms with van der Waals surface area (Å²) < 4.78 is 4.37. The van der Waals surface area contributed by atoms with Crippen molar-refractivity contribution < 1.29 is 4.52 Å². The van der Waals surface area contributed by atoms with E-state index in [0.717, 1.165) is 12.8 Å². The second-order valence-electron chi connectivity index (χ2n) is 4.10. The number of aromatic nitrogens is 2. The SMILES string of the molecule is CC(C)(C)CCc1noc(=O)[nH]1. The molecule has 4 nitrogen and oxygen atoms in total. The lowest BCUT2D eigenvalue weighted by Crippen LogP contribution is -2.07. The Labute approximate surface area is 71.0 Å². The van der Waals surface area contributed by atoms with Gasteiger partial charge in [0.25, 0.3) is 0 Å². The van der Waals surface area contributed by atoms with E-state index in [1.54, 1.807) is 0 Å². The molecule has 1 rings (SSSR count). The Morgan fingerprint density at radius 2 is 2.17 bits per heavy atom. The van der Waals surface area contributed by atoms with Crippen LogP contribution in [-0.4, -0.2) is 10.1 Å². The van der Waals surface area contributed by atoms with E-state index in [-0.39, 0.29) is 5.41 Å². The van der Waals surface area contributed by atoms with Crippen molar-refractivity contribution in [1.82, 2.24) is 10.1 Å². The molecule has 0 aliphatic rings. The predicted molar refractivity (Wildman–Crippen MR) is 44.9 cm³/mol. The number of hydrogen-bond donors (Lipinski definition) is 1. The summed E-state index contributed by atoms with van der Waals surface area (Å²) in [6.07, 6.45) is 1.74. The van der Waals surface area contributed by atoms with Crippen molar-refractivity contribution in [1.29, 1.82) is 0 Å². The van der Waals surface area contributed by atoms with Gasteiger partial charge in [0.15, 0.2) is 5.82 Å². The summed E-state index contributed by atoms with van der Waals surface area (Å²) in [4.78, 5) is 13.0. The van der Waals surface area contributed by atoms with Crippen molar-refractivity contribution in [2.24, 2.45) is 5.41 Å². The Hall–Kier alpha value is -1.06. The average molecular weight is 170 g/mol. The number of hydrogen-bond acceptors (Lipinski definition) is 3. The Kier molecular flexibility index (Phi) is 2.35. The van der Waals surface area contributed by atoms with Crippen LogP contribution in [0, 0.1) is 5.41 Å². The number of nitrogens with one attached hydrogen (secondary N) is 1. The summed E-state index contributed by atoms with van der Waals surface area (Å²) in [5.74, 6) is 0.161. The fraction of sp³-hybridized carbons (Fsp3) is 0.750. The first kappa shape index (κ1) is 9.03. The molecule has 68 valence electrons.